The molecule has 3 N–H and O–H groups in total. The third-order valence-electron chi connectivity index (χ3n) is 4.45. The van der Waals surface area contributed by atoms with E-state index in [0.717, 1.165) is 58.9 Å². The molecule has 136 valence electrons. The van der Waals surface area contributed by atoms with Crippen molar-refractivity contribution in [3.05, 3.63) is 0 Å². The number of guanidine groups is 1. The number of morpholine rings is 1. The zero-order chi connectivity index (χ0) is 15.5. The van der Waals surface area contributed by atoms with Crippen molar-refractivity contribution in [1.82, 2.24) is 15.1 Å². The van der Waals surface area contributed by atoms with E-state index in [4.69, 9.17) is 10.5 Å². The third kappa shape index (κ3) is 9.69. The van der Waals surface area contributed by atoms with Crippen molar-refractivity contribution >= 4 is 29.9 Å². The molecule has 0 radical (unpaired) electrons. The van der Waals surface area contributed by atoms with Gasteiger partial charge < -0.3 is 20.7 Å². The topological polar surface area (TPSA) is 66.1 Å². The van der Waals surface area contributed by atoms with Crippen molar-refractivity contribution < 1.29 is 4.74 Å². The van der Waals surface area contributed by atoms with Gasteiger partial charge in [0.25, 0.3) is 0 Å². The minimum atomic E-state index is 0. The van der Waals surface area contributed by atoms with Crippen LogP contribution in [0.15, 0.2) is 4.99 Å². The molecule has 0 aromatic carbocycles. The van der Waals surface area contributed by atoms with Crippen molar-refractivity contribution in [3.63, 3.8) is 0 Å². The Balaban J connectivity index is 0.00000264. The highest BCUT2D eigenvalue weighted by Crippen LogP contribution is 2.08. The van der Waals surface area contributed by atoms with Crippen LogP contribution in [-0.4, -0.2) is 81.3 Å². The Bertz CT molecular complexity index is 316. The van der Waals surface area contributed by atoms with Crippen LogP contribution >= 0.6 is 24.0 Å². The SMILES string of the molecule is I.NC(=NCCCN1CCOCC1)NCCN1CCCCCC1. The number of likely N-dealkylation sites (tertiary alicyclic amines) is 1. The second kappa shape index (κ2) is 13.2. The highest BCUT2D eigenvalue weighted by atomic mass is 127. The maximum absolute atomic E-state index is 5.93. The lowest BCUT2D eigenvalue weighted by atomic mass is 10.2. The third-order valence-corrected chi connectivity index (χ3v) is 4.45. The molecule has 2 rings (SSSR count). The fourth-order valence-electron chi connectivity index (χ4n) is 3.08. The molecule has 0 spiro atoms. The van der Waals surface area contributed by atoms with Gasteiger partial charge in [-0.1, -0.05) is 12.8 Å². The van der Waals surface area contributed by atoms with E-state index in [1.54, 1.807) is 0 Å². The second-order valence-corrected chi connectivity index (χ2v) is 6.26. The zero-order valence-corrected chi connectivity index (χ0v) is 16.7. The number of ether oxygens (including phenoxy) is 1. The summed E-state index contributed by atoms with van der Waals surface area (Å²) in [7, 11) is 0. The van der Waals surface area contributed by atoms with Crippen LogP contribution in [0.5, 0.6) is 0 Å². The van der Waals surface area contributed by atoms with Crippen molar-refractivity contribution in [3.8, 4) is 0 Å². The summed E-state index contributed by atoms with van der Waals surface area (Å²) in [5.41, 5.74) is 5.93. The summed E-state index contributed by atoms with van der Waals surface area (Å²) < 4.78 is 5.34. The molecule has 7 heteroatoms. The summed E-state index contributed by atoms with van der Waals surface area (Å²) >= 11 is 0. The Kier molecular flexibility index (Phi) is 12.0. The molecule has 2 heterocycles. The molecule has 2 aliphatic rings. The van der Waals surface area contributed by atoms with Crippen LogP contribution in [0, 0.1) is 0 Å². The van der Waals surface area contributed by atoms with Gasteiger partial charge in [0.2, 0.25) is 0 Å². The van der Waals surface area contributed by atoms with E-state index in [1.165, 1.54) is 38.8 Å². The average molecular weight is 439 g/mol. The first kappa shape index (κ1) is 20.9. The van der Waals surface area contributed by atoms with Gasteiger partial charge in [-0.05, 0) is 32.4 Å². The zero-order valence-electron chi connectivity index (χ0n) is 14.3. The number of nitrogens with one attached hydrogen (secondary N) is 1. The van der Waals surface area contributed by atoms with Gasteiger partial charge in [-0.3, -0.25) is 9.89 Å². The van der Waals surface area contributed by atoms with Crippen molar-refractivity contribution in [2.75, 3.05) is 65.6 Å². The molecule has 0 aromatic heterocycles. The molecule has 0 amide bonds. The summed E-state index contributed by atoms with van der Waals surface area (Å²) in [5.74, 6) is 0.594. The molecule has 23 heavy (non-hydrogen) atoms. The second-order valence-electron chi connectivity index (χ2n) is 6.26. The normalized spacial score (nSPS) is 21.5. The van der Waals surface area contributed by atoms with Gasteiger partial charge in [0.05, 0.1) is 13.2 Å². The largest absolute Gasteiger partial charge is 0.379 e. The van der Waals surface area contributed by atoms with E-state index in [0.29, 0.717) is 5.96 Å². The summed E-state index contributed by atoms with van der Waals surface area (Å²) in [6.45, 7) is 10.2. The first-order valence-electron chi connectivity index (χ1n) is 8.91. The number of nitrogens with zero attached hydrogens (tertiary/aromatic N) is 3. The molecule has 2 saturated heterocycles. The molecule has 0 saturated carbocycles. The number of hydrogen-bond acceptors (Lipinski definition) is 4. The van der Waals surface area contributed by atoms with Crippen LogP contribution in [0.3, 0.4) is 0 Å². The number of hydrogen-bond donors (Lipinski definition) is 2. The van der Waals surface area contributed by atoms with E-state index in [9.17, 15) is 0 Å². The molecule has 0 atom stereocenters. The Hall–Kier alpha value is -0.120. The summed E-state index contributed by atoms with van der Waals surface area (Å²) in [4.78, 5) is 9.38. The molecule has 0 bridgehead atoms. The Morgan fingerprint density at radius 2 is 1.61 bits per heavy atom. The van der Waals surface area contributed by atoms with Gasteiger partial charge in [0.15, 0.2) is 5.96 Å². The number of rotatable bonds is 7. The summed E-state index contributed by atoms with van der Waals surface area (Å²) in [5, 5.41) is 3.24. The van der Waals surface area contributed by atoms with E-state index in [-0.39, 0.29) is 24.0 Å². The number of aliphatic imine (C=N–C) groups is 1. The first-order valence-corrected chi connectivity index (χ1v) is 8.91. The molecule has 6 nitrogen and oxygen atoms in total. The first-order chi connectivity index (χ1) is 10.8. The van der Waals surface area contributed by atoms with Gasteiger partial charge in [0, 0.05) is 39.3 Å². The minimum Gasteiger partial charge on any atom is -0.379 e. The lowest BCUT2D eigenvalue weighted by molar-refractivity contribution is 0.0377. The van der Waals surface area contributed by atoms with Gasteiger partial charge >= 0.3 is 0 Å². The minimum absolute atomic E-state index is 0. The maximum Gasteiger partial charge on any atom is 0.188 e. The smallest absolute Gasteiger partial charge is 0.188 e. The lowest BCUT2D eigenvalue weighted by Gasteiger charge is -2.26. The Labute approximate surface area is 158 Å². The molecular weight excluding hydrogens is 405 g/mol. The highest BCUT2D eigenvalue weighted by Gasteiger charge is 2.09. The predicted octanol–water partition coefficient (Wildman–Crippen LogP) is 1.11. The van der Waals surface area contributed by atoms with Crippen molar-refractivity contribution in [1.29, 1.82) is 0 Å². The highest BCUT2D eigenvalue weighted by molar-refractivity contribution is 14.0. The van der Waals surface area contributed by atoms with Crippen LogP contribution in [0.4, 0.5) is 0 Å². The van der Waals surface area contributed by atoms with Crippen molar-refractivity contribution in [2.45, 2.75) is 32.1 Å². The molecule has 0 unspecified atom stereocenters. The van der Waals surface area contributed by atoms with Gasteiger partial charge in [-0.2, -0.15) is 0 Å². The van der Waals surface area contributed by atoms with E-state index in [1.807, 2.05) is 0 Å². The molecule has 2 fully saturated rings. The van der Waals surface area contributed by atoms with Crippen LogP contribution < -0.4 is 11.1 Å². The predicted molar refractivity (Wildman–Crippen MR) is 107 cm³/mol. The van der Waals surface area contributed by atoms with Crippen LogP contribution in [0.1, 0.15) is 32.1 Å². The van der Waals surface area contributed by atoms with Crippen LogP contribution in [0.2, 0.25) is 0 Å². The van der Waals surface area contributed by atoms with Gasteiger partial charge in [0.1, 0.15) is 0 Å². The van der Waals surface area contributed by atoms with Gasteiger partial charge in [-0.15, -0.1) is 24.0 Å². The average Bonchev–Trinajstić information content (AvgIpc) is 2.81. The van der Waals surface area contributed by atoms with Crippen LogP contribution in [0.25, 0.3) is 0 Å². The van der Waals surface area contributed by atoms with Crippen LogP contribution in [-0.2, 0) is 4.74 Å². The fraction of sp³-hybridized carbons (Fsp3) is 0.938. The van der Waals surface area contributed by atoms with Gasteiger partial charge in [-0.25, -0.2) is 0 Å². The number of halogens is 1. The molecule has 0 aliphatic carbocycles. The standard InChI is InChI=1S/C16H33N5O.HI/c17-16(18-6-5-10-21-12-14-22-15-13-21)19-7-11-20-8-3-1-2-4-9-20;/h1-15H2,(H3,17,18,19);1H. The summed E-state index contributed by atoms with van der Waals surface area (Å²) in [6.07, 6.45) is 6.51. The summed E-state index contributed by atoms with van der Waals surface area (Å²) in [6, 6.07) is 0. The monoisotopic (exact) mass is 439 g/mol. The van der Waals surface area contributed by atoms with E-state index in [2.05, 4.69) is 20.1 Å². The molecular formula is C16H34IN5O. The maximum atomic E-state index is 5.93. The van der Waals surface area contributed by atoms with Crippen molar-refractivity contribution in [2.24, 2.45) is 10.7 Å². The quantitative estimate of drug-likeness (QED) is 0.269. The Morgan fingerprint density at radius 1 is 0.957 bits per heavy atom. The molecule has 0 aromatic rings. The lowest BCUT2D eigenvalue weighted by Crippen LogP contribution is -2.39. The fourth-order valence-corrected chi connectivity index (χ4v) is 3.08. The Morgan fingerprint density at radius 3 is 2.30 bits per heavy atom. The van der Waals surface area contributed by atoms with E-state index >= 15 is 0 Å². The molecule has 2 aliphatic heterocycles. The van der Waals surface area contributed by atoms with E-state index < -0.39 is 0 Å². The number of nitrogens with two attached hydrogens (primary N) is 1.